The van der Waals surface area contributed by atoms with Crippen molar-refractivity contribution in [1.82, 2.24) is 10.2 Å². The Morgan fingerprint density at radius 1 is 1.24 bits per heavy atom. The molecule has 1 aromatic carbocycles. The molecular weight excluding hydrogens is 376 g/mol. The Kier molecular flexibility index (Phi) is 8.01. The molecule has 1 amide bonds. The highest BCUT2D eigenvalue weighted by Gasteiger charge is 2.23. The topological polar surface area (TPSA) is 94.2 Å². The van der Waals surface area contributed by atoms with Crippen molar-refractivity contribution in [2.45, 2.75) is 46.3 Å². The molecule has 0 atom stereocenters. The summed E-state index contributed by atoms with van der Waals surface area (Å²) < 4.78 is 15.4. The van der Waals surface area contributed by atoms with Crippen LogP contribution in [0.25, 0.3) is 0 Å². The van der Waals surface area contributed by atoms with Gasteiger partial charge in [0.2, 0.25) is 0 Å². The molecule has 1 N–H and O–H groups in total. The molecule has 0 saturated carbocycles. The fourth-order valence-corrected chi connectivity index (χ4v) is 2.84. The van der Waals surface area contributed by atoms with Gasteiger partial charge in [-0.3, -0.25) is 4.79 Å². The number of benzene rings is 1. The number of hydrogen-bond acceptors (Lipinski definition) is 7. The fourth-order valence-electron chi connectivity index (χ4n) is 2.84. The summed E-state index contributed by atoms with van der Waals surface area (Å²) in [4.78, 5) is 37.2. The van der Waals surface area contributed by atoms with Crippen LogP contribution in [-0.2, 0) is 32.0 Å². The third kappa shape index (κ3) is 7.38. The standard InChI is InChI=1S/C21H30N2O6/c1-5-27-18(24)13-22-9-11-23(20(26)29-21(2,3)4)10-8-15-6-7-17-16(12-15)14-28-19(17)25/h6-7,12,22H,5,8-11,13-14H2,1-4H3. The lowest BCUT2D eigenvalue weighted by molar-refractivity contribution is -0.141. The molecule has 1 aliphatic heterocycles. The first-order valence-electron chi connectivity index (χ1n) is 9.83. The lowest BCUT2D eigenvalue weighted by Gasteiger charge is -2.27. The summed E-state index contributed by atoms with van der Waals surface area (Å²) in [5.74, 6) is -0.624. The van der Waals surface area contributed by atoms with Crippen LogP contribution < -0.4 is 5.32 Å². The number of nitrogens with one attached hydrogen (secondary N) is 1. The summed E-state index contributed by atoms with van der Waals surface area (Å²) >= 11 is 0. The zero-order valence-electron chi connectivity index (χ0n) is 17.6. The Hall–Kier alpha value is -2.61. The fraction of sp³-hybridized carbons (Fsp3) is 0.571. The average molecular weight is 406 g/mol. The summed E-state index contributed by atoms with van der Waals surface area (Å²) in [6, 6.07) is 5.57. The minimum atomic E-state index is -0.598. The van der Waals surface area contributed by atoms with Gasteiger partial charge < -0.3 is 24.4 Å². The molecule has 0 fully saturated rings. The second-order valence-electron chi connectivity index (χ2n) is 7.77. The van der Waals surface area contributed by atoms with Crippen LogP contribution in [0.2, 0.25) is 0 Å². The normalized spacial score (nSPS) is 12.9. The van der Waals surface area contributed by atoms with E-state index in [1.807, 2.05) is 32.9 Å². The summed E-state index contributed by atoms with van der Waals surface area (Å²) in [5.41, 5.74) is 1.88. The van der Waals surface area contributed by atoms with Crippen LogP contribution in [0.5, 0.6) is 0 Å². The molecule has 1 heterocycles. The van der Waals surface area contributed by atoms with Crippen molar-refractivity contribution < 1.29 is 28.6 Å². The van der Waals surface area contributed by atoms with Gasteiger partial charge in [-0.15, -0.1) is 0 Å². The molecule has 0 spiro atoms. The first kappa shape index (κ1) is 22.7. The maximum absolute atomic E-state index is 12.6. The lowest BCUT2D eigenvalue weighted by Crippen LogP contribution is -2.42. The minimum Gasteiger partial charge on any atom is -0.465 e. The smallest absolute Gasteiger partial charge is 0.410 e. The number of carbonyl (C=O) groups excluding carboxylic acids is 3. The first-order chi connectivity index (χ1) is 13.7. The largest absolute Gasteiger partial charge is 0.465 e. The Labute approximate surface area is 171 Å². The van der Waals surface area contributed by atoms with Crippen molar-refractivity contribution in [3.8, 4) is 0 Å². The van der Waals surface area contributed by atoms with Crippen LogP contribution in [0.15, 0.2) is 18.2 Å². The molecule has 0 unspecified atom stereocenters. The van der Waals surface area contributed by atoms with Gasteiger partial charge in [0.15, 0.2) is 0 Å². The number of carbonyl (C=O) groups is 3. The third-order valence-electron chi connectivity index (χ3n) is 4.20. The van der Waals surface area contributed by atoms with E-state index in [4.69, 9.17) is 14.2 Å². The molecule has 1 aliphatic rings. The van der Waals surface area contributed by atoms with E-state index in [-0.39, 0.29) is 25.1 Å². The van der Waals surface area contributed by atoms with Crippen LogP contribution >= 0.6 is 0 Å². The molecule has 0 bridgehead atoms. The van der Waals surface area contributed by atoms with Crippen LogP contribution in [-0.4, -0.2) is 61.3 Å². The van der Waals surface area contributed by atoms with Gasteiger partial charge in [0.05, 0.1) is 18.7 Å². The predicted octanol–water partition coefficient (Wildman–Crippen LogP) is 2.29. The zero-order valence-corrected chi connectivity index (χ0v) is 17.6. The highest BCUT2D eigenvalue weighted by atomic mass is 16.6. The van der Waals surface area contributed by atoms with Gasteiger partial charge in [-0.2, -0.15) is 0 Å². The summed E-state index contributed by atoms with van der Waals surface area (Å²) in [6.07, 6.45) is 0.202. The molecule has 1 aromatic rings. The van der Waals surface area contributed by atoms with Gasteiger partial charge >= 0.3 is 18.0 Å². The summed E-state index contributed by atoms with van der Waals surface area (Å²) in [6.45, 7) is 9.20. The van der Waals surface area contributed by atoms with E-state index >= 15 is 0 Å². The van der Waals surface area contributed by atoms with Crippen molar-refractivity contribution in [1.29, 1.82) is 0 Å². The molecule has 8 nitrogen and oxygen atoms in total. The zero-order chi connectivity index (χ0) is 21.4. The second kappa shape index (κ2) is 10.2. The van der Waals surface area contributed by atoms with E-state index in [9.17, 15) is 14.4 Å². The Bertz CT molecular complexity index is 741. The van der Waals surface area contributed by atoms with Crippen LogP contribution in [0.1, 0.15) is 49.2 Å². The number of fused-ring (bicyclic) bond motifs is 1. The van der Waals surface area contributed by atoms with E-state index < -0.39 is 11.7 Å². The van der Waals surface area contributed by atoms with Gasteiger partial charge in [0, 0.05) is 25.2 Å². The Morgan fingerprint density at radius 2 is 2.00 bits per heavy atom. The molecule has 0 aliphatic carbocycles. The van der Waals surface area contributed by atoms with Crippen molar-refractivity contribution in [3.63, 3.8) is 0 Å². The van der Waals surface area contributed by atoms with Gasteiger partial charge in [0.1, 0.15) is 12.2 Å². The lowest BCUT2D eigenvalue weighted by atomic mass is 10.0. The molecule has 29 heavy (non-hydrogen) atoms. The quantitative estimate of drug-likeness (QED) is 0.382. The van der Waals surface area contributed by atoms with E-state index in [1.54, 1.807) is 17.9 Å². The summed E-state index contributed by atoms with van der Waals surface area (Å²) in [5, 5.41) is 2.98. The monoisotopic (exact) mass is 406 g/mol. The number of cyclic esters (lactones) is 1. The van der Waals surface area contributed by atoms with Crippen molar-refractivity contribution >= 4 is 18.0 Å². The van der Waals surface area contributed by atoms with Gasteiger partial charge in [-0.25, -0.2) is 9.59 Å². The van der Waals surface area contributed by atoms with Gasteiger partial charge in [-0.05, 0) is 45.7 Å². The van der Waals surface area contributed by atoms with Crippen molar-refractivity contribution in [3.05, 3.63) is 34.9 Å². The number of rotatable bonds is 9. The Morgan fingerprint density at radius 3 is 2.69 bits per heavy atom. The maximum Gasteiger partial charge on any atom is 0.410 e. The summed E-state index contributed by atoms with van der Waals surface area (Å²) in [7, 11) is 0. The first-order valence-corrected chi connectivity index (χ1v) is 9.83. The molecule has 0 radical (unpaired) electrons. The third-order valence-corrected chi connectivity index (χ3v) is 4.20. The molecule has 8 heteroatoms. The number of nitrogens with zero attached hydrogens (tertiary/aromatic N) is 1. The van der Waals surface area contributed by atoms with E-state index in [2.05, 4.69) is 5.32 Å². The number of amides is 1. The van der Waals surface area contributed by atoms with Gasteiger partial charge in [-0.1, -0.05) is 12.1 Å². The predicted molar refractivity (Wildman–Crippen MR) is 107 cm³/mol. The van der Waals surface area contributed by atoms with Crippen molar-refractivity contribution in [2.75, 3.05) is 32.8 Å². The molecule has 160 valence electrons. The number of hydrogen-bond donors (Lipinski definition) is 1. The van der Waals surface area contributed by atoms with E-state index in [1.165, 1.54) is 0 Å². The van der Waals surface area contributed by atoms with Gasteiger partial charge in [0.25, 0.3) is 0 Å². The molecular formula is C21H30N2O6. The number of ether oxygens (including phenoxy) is 3. The minimum absolute atomic E-state index is 0.0921. The number of esters is 2. The van der Waals surface area contributed by atoms with Crippen LogP contribution in [0.4, 0.5) is 4.79 Å². The second-order valence-corrected chi connectivity index (χ2v) is 7.77. The average Bonchev–Trinajstić information content (AvgIpc) is 3.00. The molecule has 2 rings (SSSR count). The highest BCUT2D eigenvalue weighted by Crippen LogP contribution is 2.21. The SMILES string of the molecule is CCOC(=O)CNCCN(CCc1ccc2c(c1)COC2=O)C(=O)OC(C)(C)C. The maximum atomic E-state index is 12.6. The van der Waals surface area contributed by atoms with E-state index in [0.29, 0.717) is 38.2 Å². The van der Waals surface area contributed by atoms with Crippen LogP contribution in [0.3, 0.4) is 0 Å². The Balaban J connectivity index is 1.93. The highest BCUT2D eigenvalue weighted by molar-refractivity contribution is 5.93. The van der Waals surface area contributed by atoms with Crippen LogP contribution in [0, 0.1) is 0 Å². The molecule has 0 aromatic heterocycles. The van der Waals surface area contributed by atoms with Crippen molar-refractivity contribution in [2.24, 2.45) is 0 Å². The molecule has 0 saturated heterocycles. The van der Waals surface area contributed by atoms with E-state index in [0.717, 1.165) is 11.1 Å².